The van der Waals surface area contributed by atoms with Gasteiger partial charge in [-0.25, -0.2) is 4.98 Å². The van der Waals surface area contributed by atoms with Gasteiger partial charge >= 0.3 is 0 Å². The van der Waals surface area contributed by atoms with Gasteiger partial charge in [-0.05, 0) is 6.92 Å². The lowest BCUT2D eigenvalue weighted by Gasteiger charge is -1.94. The van der Waals surface area contributed by atoms with Crippen LogP contribution in [0.1, 0.15) is 5.82 Å². The number of nitrogens with one attached hydrogen (secondary N) is 1. The van der Waals surface area contributed by atoms with E-state index < -0.39 is 0 Å². The highest BCUT2D eigenvalue weighted by Crippen LogP contribution is 2.24. The summed E-state index contributed by atoms with van der Waals surface area (Å²) in [5, 5.41) is 0.601. The molecule has 2 aromatic rings. The lowest BCUT2D eigenvalue weighted by molar-refractivity contribution is 1.15. The Kier molecular flexibility index (Phi) is 2.07. The standard InChI is InChI=1S/C10H9ClN2/c1-7-12-9(10(11)13-7)8-5-3-2-4-6-8/h2-6H,1H3,(H,12,13). The van der Waals surface area contributed by atoms with Crippen LogP contribution >= 0.6 is 11.6 Å². The molecule has 13 heavy (non-hydrogen) atoms. The minimum Gasteiger partial charge on any atom is -0.333 e. The van der Waals surface area contributed by atoms with Gasteiger partial charge in [0.15, 0.2) is 0 Å². The van der Waals surface area contributed by atoms with Gasteiger partial charge in [-0.1, -0.05) is 41.9 Å². The zero-order chi connectivity index (χ0) is 9.26. The third kappa shape index (κ3) is 1.58. The Morgan fingerprint density at radius 1 is 1.23 bits per heavy atom. The Balaban J connectivity index is 2.53. The van der Waals surface area contributed by atoms with Crippen LogP contribution in [0.4, 0.5) is 0 Å². The summed E-state index contributed by atoms with van der Waals surface area (Å²) in [7, 11) is 0. The zero-order valence-corrected chi connectivity index (χ0v) is 7.97. The third-order valence-electron chi connectivity index (χ3n) is 1.83. The zero-order valence-electron chi connectivity index (χ0n) is 7.21. The number of nitrogens with zero attached hydrogens (tertiary/aromatic N) is 1. The molecule has 1 heterocycles. The number of aromatic amines is 1. The fourth-order valence-corrected chi connectivity index (χ4v) is 1.54. The smallest absolute Gasteiger partial charge is 0.134 e. The minimum absolute atomic E-state index is 0.601. The molecule has 0 aliphatic heterocycles. The molecule has 0 saturated heterocycles. The van der Waals surface area contributed by atoms with E-state index in [0.717, 1.165) is 17.1 Å². The Morgan fingerprint density at radius 2 is 1.92 bits per heavy atom. The third-order valence-corrected chi connectivity index (χ3v) is 2.10. The summed E-state index contributed by atoms with van der Waals surface area (Å²) in [6, 6.07) is 9.88. The molecular weight excluding hydrogens is 184 g/mol. The van der Waals surface area contributed by atoms with E-state index in [-0.39, 0.29) is 0 Å². The highest BCUT2D eigenvalue weighted by molar-refractivity contribution is 6.31. The molecule has 3 heteroatoms. The number of halogens is 1. The molecule has 0 amide bonds. The number of benzene rings is 1. The van der Waals surface area contributed by atoms with Crippen LogP contribution in [-0.4, -0.2) is 9.97 Å². The van der Waals surface area contributed by atoms with Gasteiger partial charge in [0.2, 0.25) is 0 Å². The molecule has 66 valence electrons. The molecule has 1 aromatic heterocycles. The first kappa shape index (κ1) is 8.32. The van der Waals surface area contributed by atoms with Crippen molar-refractivity contribution in [3.63, 3.8) is 0 Å². The fourth-order valence-electron chi connectivity index (χ4n) is 1.25. The Hall–Kier alpha value is -1.28. The second-order valence-electron chi connectivity index (χ2n) is 2.85. The second kappa shape index (κ2) is 3.23. The average molecular weight is 193 g/mol. The van der Waals surface area contributed by atoms with Crippen molar-refractivity contribution in [2.75, 3.05) is 0 Å². The molecule has 0 atom stereocenters. The average Bonchev–Trinajstić information content (AvgIpc) is 2.47. The first-order chi connectivity index (χ1) is 6.27. The molecule has 0 aliphatic carbocycles. The van der Waals surface area contributed by atoms with E-state index in [1.165, 1.54) is 0 Å². The number of hydrogen-bond donors (Lipinski definition) is 1. The van der Waals surface area contributed by atoms with Crippen molar-refractivity contribution in [1.82, 2.24) is 9.97 Å². The van der Waals surface area contributed by atoms with E-state index in [2.05, 4.69) is 9.97 Å². The SMILES string of the molecule is Cc1nc(-c2ccccc2)c(Cl)[nH]1. The maximum Gasteiger partial charge on any atom is 0.134 e. The number of rotatable bonds is 1. The minimum atomic E-state index is 0.601. The van der Waals surface area contributed by atoms with Crippen molar-refractivity contribution in [1.29, 1.82) is 0 Å². The Labute approximate surface area is 81.6 Å². The molecule has 1 N–H and O–H groups in total. The molecule has 1 aromatic carbocycles. The van der Waals surface area contributed by atoms with E-state index in [9.17, 15) is 0 Å². The molecule has 0 bridgehead atoms. The monoisotopic (exact) mass is 192 g/mol. The molecule has 2 rings (SSSR count). The molecule has 0 aliphatic rings. The number of hydrogen-bond acceptors (Lipinski definition) is 1. The van der Waals surface area contributed by atoms with Crippen molar-refractivity contribution >= 4 is 11.6 Å². The summed E-state index contributed by atoms with van der Waals surface area (Å²) in [6.45, 7) is 1.89. The van der Waals surface area contributed by atoms with Crippen molar-refractivity contribution in [2.24, 2.45) is 0 Å². The summed E-state index contributed by atoms with van der Waals surface area (Å²) >= 11 is 5.96. The van der Waals surface area contributed by atoms with Gasteiger partial charge in [0, 0.05) is 5.56 Å². The topological polar surface area (TPSA) is 28.7 Å². The molecule has 0 saturated carbocycles. The van der Waals surface area contributed by atoms with E-state index in [1.807, 2.05) is 37.3 Å². The first-order valence-electron chi connectivity index (χ1n) is 4.05. The van der Waals surface area contributed by atoms with Crippen molar-refractivity contribution in [3.8, 4) is 11.3 Å². The van der Waals surface area contributed by atoms with Crippen molar-refractivity contribution < 1.29 is 0 Å². The van der Waals surface area contributed by atoms with E-state index >= 15 is 0 Å². The van der Waals surface area contributed by atoms with Gasteiger partial charge in [-0.3, -0.25) is 0 Å². The van der Waals surface area contributed by atoms with Crippen LogP contribution in [-0.2, 0) is 0 Å². The summed E-state index contributed by atoms with van der Waals surface area (Å²) < 4.78 is 0. The maximum atomic E-state index is 5.96. The van der Waals surface area contributed by atoms with Crippen molar-refractivity contribution in [2.45, 2.75) is 6.92 Å². The lowest BCUT2D eigenvalue weighted by Crippen LogP contribution is -1.77. The first-order valence-corrected chi connectivity index (χ1v) is 4.42. The van der Waals surface area contributed by atoms with Crippen LogP contribution in [0.5, 0.6) is 0 Å². The van der Waals surface area contributed by atoms with Gasteiger partial charge in [0.25, 0.3) is 0 Å². The van der Waals surface area contributed by atoms with Crippen LogP contribution in [0, 0.1) is 6.92 Å². The van der Waals surface area contributed by atoms with Gasteiger partial charge < -0.3 is 4.98 Å². The molecular formula is C10H9ClN2. The largest absolute Gasteiger partial charge is 0.333 e. The van der Waals surface area contributed by atoms with Gasteiger partial charge in [0.05, 0.1) is 0 Å². The summed E-state index contributed by atoms with van der Waals surface area (Å²) in [6.07, 6.45) is 0. The molecule has 0 radical (unpaired) electrons. The fraction of sp³-hybridized carbons (Fsp3) is 0.100. The molecule has 0 spiro atoms. The molecule has 0 fully saturated rings. The van der Waals surface area contributed by atoms with Crippen LogP contribution in [0.3, 0.4) is 0 Å². The maximum absolute atomic E-state index is 5.96. The van der Waals surface area contributed by atoms with E-state index in [1.54, 1.807) is 0 Å². The van der Waals surface area contributed by atoms with E-state index in [0.29, 0.717) is 5.15 Å². The molecule has 0 unspecified atom stereocenters. The normalized spacial score (nSPS) is 10.3. The highest BCUT2D eigenvalue weighted by atomic mass is 35.5. The van der Waals surface area contributed by atoms with Crippen LogP contribution in [0.2, 0.25) is 5.15 Å². The number of imidazole rings is 1. The number of aromatic nitrogens is 2. The van der Waals surface area contributed by atoms with Crippen LogP contribution in [0.25, 0.3) is 11.3 Å². The quantitative estimate of drug-likeness (QED) is 0.739. The predicted molar refractivity (Wildman–Crippen MR) is 53.8 cm³/mol. The van der Waals surface area contributed by atoms with Gasteiger partial charge in [0.1, 0.15) is 16.7 Å². The summed E-state index contributed by atoms with van der Waals surface area (Å²) in [5.41, 5.74) is 1.86. The lowest BCUT2D eigenvalue weighted by atomic mass is 10.2. The van der Waals surface area contributed by atoms with Gasteiger partial charge in [-0.2, -0.15) is 0 Å². The van der Waals surface area contributed by atoms with E-state index in [4.69, 9.17) is 11.6 Å². The van der Waals surface area contributed by atoms with Gasteiger partial charge in [-0.15, -0.1) is 0 Å². The second-order valence-corrected chi connectivity index (χ2v) is 3.23. The number of H-pyrrole nitrogens is 1. The summed E-state index contributed by atoms with van der Waals surface area (Å²) in [4.78, 5) is 7.25. The van der Waals surface area contributed by atoms with Crippen molar-refractivity contribution in [3.05, 3.63) is 41.3 Å². The predicted octanol–water partition coefficient (Wildman–Crippen LogP) is 3.04. The van der Waals surface area contributed by atoms with Crippen LogP contribution < -0.4 is 0 Å². The highest BCUT2D eigenvalue weighted by Gasteiger charge is 2.06. The Bertz CT molecular complexity index is 406. The van der Waals surface area contributed by atoms with Crippen LogP contribution in [0.15, 0.2) is 30.3 Å². The molecule has 2 nitrogen and oxygen atoms in total. The Morgan fingerprint density at radius 3 is 2.46 bits per heavy atom. The summed E-state index contributed by atoms with van der Waals surface area (Å²) in [5.74, 6) is 0.837. The number of aryl methyl sites for hydroxylation is 1.